The van der Waals surface area contributed by atoms with Crippen molar-refractivity contribution in [3.8, 4) is 11.5 Å². The Hall–Kier alpha value is -2.27. The van der Waals surface area contributed by atoms with Gasteiger partial charge in [-0.3, -0.25) is 0 Å². The number of carbonyl (C=O) groups excluding carboxylic acids is 1. The van der Waals surface area contributed by atoms with Crippen LogP contribution < -0.4 is 4.74 Å². The first kappa shape index (κ1) is 19.5. The molecule has 0 bridgehead atoms. The van der Waals surface area contributed by atoms with Gasteiger partial charge in [0.1, 0.15) is 24.2 Å². The van der Waals surface area contributed by atoms with Crippen molar-refractivity contribution in [3.63, 3.8) is 0 Å². The molecule has 27 heavy (non-hydrogen) atoms. The molecule has 5 heteroatoms. The maximum Gasteiger partial charge on any atom is 0.339 e. The smallest absolute Gasteiger partial charge is 0.339 e. The predicted molar refractivity (Wildman–Crippen MR) is 103 cm³/mol. The molecule has 0 unspecified atom stereocenters. The zero-order valence-corrected chi connectivity index (χ0v) is 16.2. The zero-order chi connectivity index (χ0) is 19.6. The number of aliphatic hydroxyl groups is 1. The van der Waals surface area contributed by atoms with Crippen molar-refractivity contribution >= 4 is 5.97 Å². The van der Waals surface area contributed by atoms with E-state index in [0.29, 0.717) is 35.3 Å². The zero-order valence-electron chi connectivity index (χ0n) is 16.2. The van der Waals surface area contributed by atoms with Gasteiger partial charge in [0.15, 0.2) is 0 Å². The van der Waals surface area contributed by atoms with Crippen molar-refractivity contribution in [2.45, 2.75) is 71.7 Å². The van der Waals surface area contributed by atoms with Crippen molar-refractivity contribution < 1.29 is 24.5 Å². The molecule has 2 aliphatic heterocycles. The summed E-state index contributed by atoms with van der Waals surface area (Å²) in [4.78, 5) is 11.8. The number of hydrogen-bond acceptors (Lipinski definition) is 5. The number of phenolic OH excluding ortho intramolecular Hbond substituents is 1. The monoisotopic (exact) mass is 372 g/mol. The van der Waals surface area contributed by atoms with Gasteiger partial charge in [0.25, 0.3) is 0 Å². The lowest BCUT2D eigenvalue weighted by atomic mass is 9.92. The molecule has 0 fully saturated rings. The first-order valence-electron chi connectivity index (χ1n) is 9.55. The Morgan fingerprint density at radius 1 is 1.22 bits per heavy atom. The molecule has 3 rings (SSSR count). The maximum atomic E-state index is 11.8. The summed E-state index contributed by atoms with van der Waals surface area (Å²) in [5.74, 6) is 0.0508. The molecule has 2 atom stereocenters. The summed E-state index contributed by atoms with van der Waals surface area (Å²) >= 11 is 0. The average molecular weight is 372 g/mol. The second kappa shape index (κ2) is 8.17. The molecule has 1 aromatic carbocycles. The number of cyclic esters (lactones) is 1. The van der Waals surface area contributed by atoms with Crippen molar-refractivity contribution in [1.82, 2.24) is 0 Å². The number of aliphatic hydroxyl groups excluding tert-OH is 1. The summed E-state index contributed by atoms with van der Waals surface area (Å²) in [5, 5.41) is 20.6. The van der Waals surface area contributed by atoms with E-state index in [2.05, 4.69) is 32.9 Å². The van der Waals surface area contributed by atoms with Crippen LogP contribution in [0.25, 0.3) is 0 Å². The molecule has 0 aromatic heterocycles. The van der Waals surface area contributed by atoms with E-state index in [4.69, 9.17) is 9.47 Å². The number of aromatic hydroxyl groups is 1. The SMILES string of the molecule is CC(C)=CCC/C(C)=C/CC[C@H]1Oc2c(c(O)cc3c2COC3=O)C[C@@H]1O. The van der Waals surface area contributed by atoms with Crippen molar-refractivity contribution in [1.29, 1.82) is 0 Å². The maximum absolute atomic E-state index is 11.8. The van der Waals surface area contributed by atoms with Crippen LogP contribution in [0, 0.1) is 0 Å². The highest BCUT2D eigenvalue weighted by Gasteiger charge is 2.36. The van der Waals surface area contributed by atoms with E-state index in [-0.39, 0.29) is 18.5 Å². The quantitative estimate of drug-likeness (QED) is 0.578. The molecular weight excluding hydrogens is 344 g/mol. The molecule has 2 heterocycles. The molecule has 5 nitrogen and oxygen atoms in total. The Morgan fingerprint density at radius 3 is 2.74 bits per heavy atom. The third-order valence-electron chi connectivity index (χ3n) is 5.18. The van der Waals surface area contributed by atoms with Gasteiger partial charge < -0.3 is 19.7 Å². The summed E-state index contributed by atoms with van der Waals surface area (Å²) in [6.45, 7) is 6.49. The van der Waals surface area contributed by atoms with E-state index in [9.17, 15) is 15.0 Å². The van der Waals surface area contributed by atoms with Gasteiger partial charge in [-0.05, 0) is 52.5 Å². The fourth-order valence-electron chi connectivity index (χ4n) is 3.62. The fraction of sp³-hybridized carbons (Fsp3) is 0.500. The number of rotatable bonds is 6. The van der Waals surface area contributed by atoms with E-state index in [0.717, 1.165) is 19.3 Å². The number of fused-ring (bicyclic) bond motifs is 3. The molecule has 2 aliphatic rings. The fourth-order valence-corrected chi connectivity index (χ4v) is 3.62. The summed E-state index contributed by atoms with van der Waals surface area (Å²) in [6, 6.07) is 1.42. The molecule has 2 N–H and O–H groups in total. The highest BCUT2D eigenvalue weighted by Crippen LogP contribution is 2.42. The highest BCUT2D eigenvalue weighted by molar-refractivity contribution is 5.95. The van der Waals surface area contributed by atoms with Crippen LogP contribution in [0.2, 0.25) is 0 Å². The molecule has 0 spiro atoms. The lowest BCUT2D eigenvalue weighted by Gasteiger charge is -2.32. The van der Waals surface area contributed by atoms with Crippen LogP contribution in [0.1, 0.15) is 67.9 Å². The lowest BCUT2D eigenvalue weighted by Crippen LogP contribution is -2.37. The van der Waals surface area contributed by atoms with Gasteiger partial charge in [0, 0.05) is 17.5 Å². The van der Waals surface area contributed by atoms with E-state index in [1.54, 1.807) is 0 Å². The van der Waals surface area contributed by atoms with Gasteiger partial charge in [-0.25, -0.2) is 4.79 Å². The second-order valence-corrected chi connectivity index (χ2v) is 7.68. The molecule has 1 aromatic rings. The average Bonchev–Trinajstić information content (AvgIpc) is 2.97. The Labute approximate surface area is 160 Å². The highest BCUT2D eigenvalue weighted by atomic mass is 16.5. The normalized spacial score (nSPS) is 21.2. The molecule has 0 aliphatic carbocycles. The molecule has 0 saturated carbocycles. The van der Waals surface area contributed by atoms with Crippen LogP contribution >= 0.6 is 0 Å². The number of allylic oxidation sites excluding steroid dienone is 4. The predicted octanol–water partition coefficient (Wildman–Crippen LogP) is 4.20. The van der Waals surface area contributed by atoms with Gasteiger partial charge in [0.05, 0.1) is 11.7 Å². The summed E-state index contributed by atoms with van der Waals surface area (Å²) in [6.07, 6.45) is 7.27. The Morgan fingerprint density at radius 2 is 2.00 bits per heavy atom. The van der Waals surface area contributed by atoms with E-state index in [1.807, 2.05) is 0 Å². The summed E-state index contributed by atoms with van der Waals surface area (Å²) < 4.78 is 11.1. The minimum absolute atomic E-state index is 0.0184. The molecule has 146 valence electrons. The van der Waals surface area contributed by atoms with E-state index < -0.39 is 12.1 Å². The van der Waals surface area contributed by atoms with Gasteiger partial charge in [-0.1, -0.05) is 23.3 Å². The topological polar surface area (TPSA) is 76.0 Å². The molecule has 0 saturated heterocycles. The Balaban J connectivity index is 1.66. The molecule has 0 amide bonds. The van der Waals surface area contributed by atoms with Crippen LogP contribution in [-0.4, -0.2) is 28.4 Å². The third kappa shape index (κ3) is 4.35. The third-order valence-corrected chi connectivity index (χ3v) is 5.18. The number of ether oxygens (including phenoxy) is 2. The number of carbonyl (C=O) groups is 1. The number of benzene rings is 1. The molecular formula is C22H28O5. The summed E-state index contributed by atoms with van der Waals surface area (Å²) in [5.41, 5.74) is 4.26. The van der Waals surface area contributed by atoms with Crippen LogP contribution in [0.5, 0.6) is 11.5 Å². The first-order chi connectivity index (χ1) is 12.9. The van der Waals surface area contributed by atoms with Crippen LogP contribution in [0.15, 0.2) is 29.4 Å². The van der Waals surface area contributed by atoms with Gasteiger partial charge in [-0.2, -0.15) is 0 Å². The van der Waals surface area contributed by atoms with Crippen LogP contribution in [0.3, 0.4) is 0 Å². The number of hydrogen-bond donors (Lipinski definition) is 2. The van der Waals surface area contributed by atoms with Crippen LogP contribution in [-0.2, 0) is 17.8 Å². The van der Waals surface area contributed by atoms with Crippen molar-refractivity contribution in [3.05, 3.63) is 46.1 Å². The van der Waals surface area contributed by atoms with Gasteiger partial charge in [0.2, 0.25) is 0 Å². The second-order valence-electron chi connectivity index (χ2n) is 7.68. The van der Waals surface area contributed by atoms with Gasteiger partial charge in [-0.15, -0.1) is 0 Å². The van der Waals surface area contributed by atoms with Crippen molar-refractivity contribution in [2.75, 3.05) is 0 Å². The standard InChI is InChI=1S/C22H28O5/c1-13(2)6-4-7-14(3)8-5-9-20-19(24)11-16-18(23)10-15-17(21(16)27-20)12-26-22(15)25/h6,8,10,19-20,23-24H,4-5,7,9,11-12H2,1-3H3/b14-8+/t19-,20+/m0/s1. The van der Waals surface area contributed by atoms with Gasteiger partial charge >= 0.3 is 5.97 Å². The number of esters is 1. The first-order valence-corrected chi connectivity index (χ1v) is 9.55. The lowest BCUT2D eigenvalue weighted by molar-refractivity contribution is 0.0156. The van der Waals surface area contributed by atoms with E-state index >= 15 is 0 Å². The number of phenols is 1. The minimum Gasteiger partial charge on any atom is -0.508 e. The summed E-state index contributed by atoms with van der Waals surface area (Å²) in [7, 11) is 0. The Kier molecular flexibility index (Phi) is 5.90. The van der Waals surface area contributed by atoms with Crippen molar-refractivity contribution in [2.24, 2.45) is 0 Å². The molecule has 0 radical (unpaired) electrons. The largest absolute Gasteiger partial charge is 0.508 e. The van der Waals surface area contributed by atoms with Crippen LogP contribution in [0.4, 0.5) is 0 Å². The Bertz CT molecular complexity index is 786. The minimum atomic E-state index is -0.682. The van der Waals surface area contributed by atoms with E-state index in [1.165, 1.54) is 17.2 Å².